The SMILES string of the molecule is c1cc(-c2ccc(-c3ccc(N(c4ccc(-c5ccc6c(c5)sc5ccccc56)cc4)c4ccc(-c5ccccc5-n5c6ccccc6c6ccccc65)cc4)cc3)cc2)cc(-c2ccc3ccccc3c2)c1. The van der Waals surface area contributed by atoms with Crippen LogP contribution in [-0.4, -0.2) is 4.57 Å². The standard InChI is InChI=1S/C70H46N2S/c1-2-13-53-45-56(29-28-47(53)12-1)55-15-11-14-54(44-55)50-26-24-48(25-27-50)49-30-37-58(38-31-49)71(59-39-32-51(33-40-59)57-36-43-65-64-19-6-10-23-69(64)73-70(65)46-57)60-41-34-52(35-42-60)61-16-3-7-20-66(61)72-67-21-8-4-17-62(67)63-18-5-9-22-68(63)72/h1-46H. The van der Waals surface area contributed by atoms with Gasteiger partial charge in [-0.2, -0.15) is 0 Å². The molecule has 3 heteroatoms. The molecule has 12 aromatic carbocycles. The Morgan fingerprint density at radius 2 is 0.699 bits per heavy atom. The van der Waals surface area contributed by atoms with Gasteiger partial charge >= 0.3 is 0 Å². The fourth-order valence-corrected chi connectivity index (χ4v) is 12.1. The molecule has 14 rings (SSSR count). The van der Waals surface area contributed by atoms with E-state index in [4.69, 9.17) is 0 Å². The average Bonchev–Trinajstić information content (AvgIpc) is 4.02. The fourth-order valence-electron chi connectivity index (χ4n) is 10.9. The predicted molar refractivity (Wildman–Crippen MR) is 313 cm³/mol. The summed E-state index contributed by atoms with van der Waals surface area (Å²) in [4.78, 5) is 2.37. The number of anilines is 3. The highest BCUT2D eigenvalue weighted by molar-refractivity contribution is 7.25. The number of thiophene rings is 1. The van der Waals surface area contributed by atoms with Gasteiger partial charge in [0.25, 0.3) is 0 Å². The van der Waals surface area contributed by atoms with Crippen LogP contribution in [0.1, 0.15) is 0 Å². The highest BCUT2D eigenvalue weighted by atomic mass is 32.1. The molecule has 0 N–H and O–H groups in total. The van der Waals surface area contributed by atoms with Crippen LogP contribution in [0.3, 0.4) is 0 Å². The molecule has 0 aliphatic rings. The summed E-state index contributed by atoms with van der Waals surface area (Å²) >= 11 is 1.86. The molecule has 73 heavy (non-hydrogen) atoms. The van der Waals surface area contributed by atoms with Crippen LogP contribution in [0.4, 0.5) is 17.1 Å². The first-order valence-corrected chi connectivity index (χ1v) is 25.8. The summed E-state index contributed by atoms with van der Waals surface area (Å²) in [6.07, 6.45) is 0. The monoisotopic (exact) mass is 946 g/mol. The molecule has 0 unspecified atom stereocenters. The van der Waals surface area contributed by atoms with E-state index in [-0.39, 0.29) is 0 Å². The third kappa shape index (κ3) is 7.66. The fraction of sp³-hybridized carbons (Fsp3) is 0. The van der Waals surface area contributed by atoms with Crippen LogP contribution in [0, 0.1) is 0 Å². The van der Waals surface area contributed by atoms with Gasteiger partial charge in [0, 0.05) is 53.6 Å². The summed E-state index contributed by atoms with van der Waals surface area (Å²) in [5.41, 5.74) is 18.8. The predicted octanol–water partition coefficient (Wildman–Crippen LogP) is 20.1. The maximum Gasteiger partial charge on any atom is 0.0541 e. The van der Waals surface area contributed by atoms with Crippen molar-refractivity contribution in [1.82, 2.24) is 4.57 Å². The summed E-state index contributed by atoms with van der Waals surface area (Å²) < 4.78 is 5.05. The highest BCUT2D eigenvalue weighted by Crippen LogP contribution is 2.42. The lowest BCUT2D eigenvalue weighted by Crippen LogP contribution is -2.09. The molecular weight excluding hydrogens is 901 g/mol. The molecule has 14 aromatic rings. The zero-order valence-electron chi connectivity index (χ0n) is 39.9. The summed E-state index contributed by atoms with van der Waals surface area (Å²) in [5.74, 6) is 0. The third-order valence-corrected chi connectivity index (χ3v) is 15.8. The minimum atomic E-state index is 1.08. The molecule has 0 radical (unpaired) electrons. The molecule has 0 saturated heterocycles. The molecule has 0 spiro atoms. The van der Waals surface area contributed by atoms with E-state index < -0.39 is 0 Å². The molecule has 2 heterocycles. The number of benzene rings is 12. The van der Waals surface area contributed by atoms with Crippen LogP contribution in [0.15, 0.2) is 279 Å². The number of para-hydroxylation sites is 3. The van der Waals surface area contributed by atoms with Crippen molar-refractivity contribution in [3.63, 3.8) is 0 Å². The van der Waals surface area contributed by atoms with Crippen molar-refractivity contribution < 1.29 is 0 Å². The van der Waals surface area contributed by atoms with Crippen molar-refractivity contribution in [2.75, 3.05) is 4.90 Å². The van der Waals surface area contributed by atoms with Crippen molar-refractivity contribution in [1.29, 1.82) is 0 Å². The normalized spacial score (nSPS) is 11.6. The van der Waals surface area contributed by atoms with E-state index in [1.165, 1.54) is 103 Å². The van der Waals surface area contributed by atoms with Crippen molar-refractivity contribution in [2.24, 2.45) is 0 Å². The van der Waals surface area contributed by atoms with E-state index >= 15 is 0 Å². The summed E-state index contributed by atoms with van der Waals surface area (Å²) in [5, 5.41) is 7.66. The van der Waals surface area contributed by atoms with E-state index in [2.05, 4.69) is 289 Å². The number of hydrogen-bond acceptors (Lipinski definition) is 2. The molecule has 2 aromatic heterocycles. The number of nitrogens with zero attached hydrogens (tertiary/aromatic N) is 2. The van der Waals surface area contributed by atoms with Gasteiger partial charge in [0.2, 0.25) is 0 Å². The maximum atomic E-state index is 2.42. The van der Waals surface area contributed by atoms with Gasteiger partial charge in [0.05, 0.1) is 16.7 Å². The van der Waals surface area contributed by atoms with Crippen molar-refractivity contribution in [2.45, 2.75) is 0 Å². The Morgan fingerprint density at radius 3 is 1.36 bits per heavy atom. The van der Waals surface area contributed by atoms with E-state index in [9.17, 15) is 0 Å². The lowest BCUT2D eigenvalue weighted by Gasteiger charge is -2.26. The molecule has 0 amide bonds. The number of fused-ring (bicyclic) bond motifs is 7. The molecule has 0 saturated carbocycles. The topological polar surface area (TPSA) is 8.17 Å². The Bertz CT molecular complexity index is 4300. The van der Waals surface area contributed by atoms with E-state index in [1.807, 2.05) is 11.3 Å². The van der Waals surface area contributed by atoms with Crippen molar-refractivity contribution in [3.8, 4) is 61.3 Å². The first kappa shape index (κ1) is 42.6. The third-order valence-electron chi connectivity index (χ3n) is 14.6. The van der Waals surface area contributed by atoms with Gasteiger partial charge in [0.1, 0.15) is 0 Å². The number of aromatic nitrogens is 1. The first-order valence-electron chi connectivity index (χ1n) is 25.0. The second-order valence-corrected chi connectivity index (χ2v) is 20.0. The molecular formula is C70H46N2S. The van der Waals surface area contributed by atoms with Crippen LogP contribution < -0.4 is 4.90 Å². The van der Waals surface area contributed by atoms with Gasteiger partial charge in [0.15, 0.2) is 0 Å². The Balaban J connectivity index is 0.800. The zero-order valence-corrected chi connectivity index (χ0v) is 40.7. The average molecular weight is 947 g/mol. The molecule has 0 aliphatic heterocycles. The Kier molecular flexibility index (Phi) is 10.4. The molecule has 0 aliphatic carbocycles. The van der Waals surface area contributed by atoms with Crippen molar-refractivity contribution >= 4 is 81.1 Å². The highest BCUT2D eigenvalue weighted by Gasteiger charge is 2.18. The van der Waals surface area contributed by atoms with Gasteiger partial charge in [-0.15, -0.1) is 11.3 Å². The van der Waals surface area contributed by atoms with E-state index in [0.29, 0.717) is 0 Å². The van der Waals surface area contributed by atoms with Gasteiger partial charge in [-0.1, -0.05) is 200 Å². The summed E-state index contributed by atoms with van der Waals surface area (Å²) in [6, 6.07) is 102. The zero-order chi connectivity index (χ0) is 48.2. The minimum absolute atomic E-state index is 1.08. The lowest BCUT2D eigenvalue weighted by molar-refractivity contribution is 1.18. The molecule has 2 nitrogen and oxygen atoms in total. The quantitative estimate of drug-likeness (QED) is 0.140. The second kappa shape index (κ2) is 17.8. The largest absolute Gasteiger partial charge is 0.311 e. The molecule has 0 fully saturated rings. The smallest absolute Gasteiger partial charge is 0.0541 e. The van der Waals surface area contributed by atoms with Gasteiger partial charge < -0.3 is 9.47 Å². The minimum Gasteiger partial charge on any atom is -0.311 e. The van der Waals surface area contributed by atoms with Crippen LogP contribution in [0.5, 0.6) is 0 Å². The van der Waals surface area contributed by atoms with E-state index in [0.717, 1.165) is 28.3 Å². The summed E-state index contributed by atoms with van der Waals surface area (Å²) in [6.45, 7) is 0. The molecule has 0 bridgehead atoms. The Morgan fingerprint density at radius 1 is 0.260 bits per heavy atom. The van der Waals surface area contributed by atoms with Crippen LogP contribution in [-0.2, 0) is 0 Å². The Hall–Kier alpha value is -9.28. The van der Waals surface area contributed by atoms with Gasteiger partial charge in [-0.25, -0.2) is 0 Å². The molecule has 342 valence electrons. The first-order chi connectivity index (χ1) is 36.2. The summed E-state index contributed by atoms with van der Waals surface area (Å²) in [7, 11) is 0. The van der Waals surface area contributed by atoms with Crippen LogP contribution in [0.2, 0.25) is 0 Å². The Labute approximate surface area is 428 Å². The molecule has 0 atom stereocenters. The van der Waals surface area contributed by atoms with E-state index in [1.54, 1.807) is 0 Å². The second-order valence-electron chi connectivity index (χ2n) is 18.9. The maximum absolute atomic E-state index is 2.42. The van der Waals surface area contributed by atoms with Crippen LogP contribution in [0.25, 0.3) is 114 Å². The number of rotatable bonds is 9. The van der Waals surface area contributed by atoms with Gasteiger partial charge in [-0.05, 0) is 140 Å². The lowest BCUT2D eigenvalue weighted by atomic mass is 9.96. The van der Waals surface area contributed by atoms with Gasteiger partial charge in [-0.3, -0.25) is 0 Å². The number of hydrogen-bond donors (Lipinski definition) is 0. The van der Waals surface area contributed by atoms with Crippen molar-refractivity contribution in [3.05, 3.63) is 279 Å². The van der Waals surface area contributed by atoms with Crippen LogP contribution >= 0.6 is 11.3 Å².